The molecule has 0 unspecified atom stereocenters. The lowest BCUT2D eigenvalue weighted by molar-refractivity contribution is -0.118. The maximum absolute atomic E-state index is 12.5. The number of ether oxygens (including phenoxy) is 2. The Hall–Kier alpha value is -3.82. The molecule has 1 amide bonds. The van der Waals surface area contributed by atoms with Crippen LogP contribution in [0.5, 0.6) is 11.5 Å². The Morgan fingerprint density at radius 3 is 2.56 bits per heavy atom. The van der Waals surface area contributed by atoms with Crippen LogP contribution in [0.3, 0.4) is 0 Å². The molecule has 0 fully saturated rings. The van der Waals surface area contributed by atoms with Gasteiger partial charge in [0, 0.05) is 21.8 Å². The fraction of sp³-hybridized carbons (Fsp3) is 0.154. The molecule has 0 saturated heterocycles. The topological polar surface area (TPSA) is 90.6 Å². The maximum atomic E-state index is 12.5. The van der Waals surface area contributed by atoms with Crippen molar-refractivity contribution in [2.24, 2.45) is 5.10 Å². The van der Waals surface area contributed by atoms with Gasteiger partial charge in [0.2, 0.25) is 0 Å². The number of hydrazone groups is 1. The average Bonchev–Trinajstić information content (AvgIpc) is 3.33. The molecule has 0 radical (unpaired) electrons. The predicted molar refractivity (Wildman–Crippen MR) is 142 cm³/mol. The van der Waals surface area contributed by atoms with Gasteiger partial charge in [-0.2, -0.15) is 5.10 Å². The lowest BCUT2D eigenvalue weighted by atomic mass is 10.2. The summed E-state index contributed by atoms with van der Waals surface area (Å²) in [5.41, 5.74) is 4.99. The summed E-state index contributed by atoms with van der Waals surface area (Å²) in [4.78, 5) is 12.5. The fourth-order valence-corrected chi connectivity index (χ4v) is 4.22. The van der Waals surface area contributed by atoms with Crippen molar-refractivity contribution < 1.29 is 14.3 Å². The molecule has 36 heavy (non-hydrogen) atoms. The molecule has 1 heterocycles. The van der Waals surface area contributed by atoms with E-state index in [2.05, 4.69) is 20.7 Å². The molecule has 3 aromatic carbocycles. The third-order valence-electron chi connectivity index (χ3n) is 5.01. The van der Waals surface area contributed by atoms with Gasteiger partial charge in [-0.15, -0.1) is 10.2 Å². The molecule has 4 rings (SSSR count). The van der Waals surface area contributed by atoms with Crippen LogP contribution in [0.2, 0.25) is 5.02 Å². The van der Waals surface area contributed by atoms with Crippen LogP contribution in [-0.2, 0) is 4.79 Å². The SMILES string of the molecule is CCOc1ccc(-n2c(SCC(=O)N/N=C/c3ccccc3OC)nnc2-c2ccc(Cl)cc2)cc1. The molecule has 0 atom stereocenters. The van der Waals surface area contributed by atoms with E-state index in [4.69, 9.17) is 21.1 Å². The Morgan fingerprint density at radius 2 is 1.83 bits per heavy atom. The smallest absolute Gasteiger partial charge is 0.250 e. The minimum Gasteiger partial charge on any atom is -0.496 e. The standard InChI is InChI=1S/C26H24ClN5O3S/c1-3-35-22-14-12-21(13-15-22)32-25(18-8-10-20(27)11-9-18)30-31-26(32)36-17-24(33)29-28-16-19-6-4-5-7-23(19)34-2/h4-16H,3,17H2,1-2H3,(H,29,33)/b28-16+. The molecule has 0 aliphatic carbocycles. The Bertz CT molecular complexity index is 1340. The first-order chi connectivity index (χ1) is 17.6. The number of thioether (sulfide) groups is 1. The first-order valence-corrected chi connectivity index (χ1v) is 12.5. The molecule has 1 N–H and O–H groups in total. The molecule has 0 aliphatic rings. The number of nitrogens with zero attached hydrogens (tertiary/aromatic N) is 4. The Kier molecular flexibility index (Phi) is 8.59. The molecule has 0 saturated carbocycles. The molecule has 1 aromatic heterocycles. The van der Waals surface area contributed by atoms with Gasteiger partial charge in [-0.25, -0.2) is 5.43 Å². The quantitative estimate of drug-likeness (QED) is 0.174. The molecule has 0 aliphatic heterocycles. The van der Waals surface area contributed by atoms with Crippen molar-refractivity contribution in [3.8, 4) is 28.6 Å². The number of methoxy groups -OCH3 is 1. The van der Waals surface area contributed by atoms with Gasteiger partial charge >= 0.3 is 0 Å². The van der Waals surface area contributed by atoms with Crippen molar-refractivity contribution in [1.82, 2.24) is 20.2 Å². The van der Waals surface area contributed by atoms with Crippen molar-refractivity contribution in [2.75, 3.05) is 19.5 Å². The van der Waals surface area contributed by atoms with Crippen LogP contribution in [-0.4, -0.2) is 46.4 Å². The third kappa shape index (κ3) is 6.24. The van der Waals surface area contributed by atoms with E-state index in [1.54, 1.807) is 25.5 Å². The molecule has 10 heteroatoms. The molecular weight excluding hydrogens is 498 g/mol. The van der Waals surface area contributed by atoms with E-state index < -0.39 is 0 Å². The van der Waals surface area contributed by atoms with Gasteiger partial charge in [0.15, 0.2) is 11.0 Å². The van der Waals surface area contributed by atoms with Crippen molar-refractivity contribution in [2.45, 2.75) is 12.1 Å². The van der Waals surface area contributed by atoms with E-state index in [9.17, 15) is 4.79 Å². The first kappa shape index (κ1) is 25.3. The van der Waals surface area contributed by atoms with Gasteiger partial charge in [0.25, 0.3) is 5.91 Å². The van der Waals surface area contributed by atoms with E-state index in [0.717, 1.165) is 22.6 Å². The summed E-state index contributed by atoms with van der Waals surface area (Å²) in [7, 11) is 1.58. The van der Waals surface area contributed by atoms with E-state index in [-0.39, 0.29) is 11.7 Å². The number of benzene rings is 3. The number of carbonyl (C=O) groups is 1. The maximum Gasteiger partial charge on any atom is 0.250 e. The second-order valence-electron chi connectivity index (χ2n) is 7.40. The van der Waals surface area contributed by atoms with Gasteiger partial charge in [-0.1, -0.05) is 35.5 Å². The van der Waals surface area contributed by atoms with Gasteiger partial charge in [0.05, 0.1) is 25.7 Å². The number of carbonyl (C=O) groups excluding carboxylic acids is 1. The van der Waals surface area contributed by atoms with Crippen molar-refractivity contribution in [3.05, 3.63) is 83.4 Å². The molecule has 0 bridgehead atoms. The van der Waals surface area contributed by atoms with E-state index >= 15 is 0 Å². The van der Waals surface area contributed by atoms with Crippen molar-refractivity contribution >= 4 is 35.5 Å². The lowest BCUT2D eigenvalue weighted by Gasteiger charge is -2.11. The zero-order valence-electron chi connectivity index (χ0n) is 19.7. The van der Waals surface area contributed by atoms with Crippen LogP contribution >= 0.6 is 23.4 Å². The number of amides is 1. The normalized spacial score (nSPS) is 11.0. The largest absolute Gasteiger partial charge is 0.496 e. The van der Waals surface area contributed by atoms with Crippen LogP contribution in [0.25, 0.3) is 17.1 Å². The van der Waals surface area contributed by atoms with Gasteiger partial charge in [-0.05, 0) is 67.6 Å². The van der Waals surface area contributed by atoms with Crippen LogP contribution in [0, 0.1) is 0 Å². The number of rotatable bonds is 10. The number of hydrogen-bond donors (Lipinski definition) is 1. The summed E-state index contributed by atoms with van der Waals surface area (Å²) in [6.45, 7) is 2.52. The molecule has 0 spiro atoms. The predicted octanol–water partition coefficient (Wildman–Crippen LogP) is 5.24. The minimum atomic E-state index is -0.277. The second kappa shape index (κ2) is 12.2. The Balaban J connectivity index is 1.52. The van der Waals surface area contributed by atoms with E-state index in [0.29, 0.717) is 28.4 Å². The zero-order valence-corrected chi connectivity index (χ0v) is 21.3. The number of aromatic nitrogens is 3. The number of nitrogens with one attached hydrogen (secondary N) is 1. The summed E-state index contributed by atoms with van der Waals surface area (Å²) in [6, 6.07) is 22.4. The van der Waals surface area contributed by atoms with Gasteiger partial charge in [0.1, 0.15) is 11.5 Å². The highest BCUT2D eigenvalue weighted by Gasteiger charge is 2.17. The number of hydrogen-bond acceptors (Lipinski definition) is 7. The lowest BCUT2D eigenvalue weighted by Crippen LogP contribution is -2.20. The van der Waals surface area contributed by atoms with Crippen LogP contribution in [0.1, 0.15) is 12.5 Å². The summed E-state index contributed by atoms with van der Waals surface area (Å²) >= 11 is 7.33. The minimum absolute atomic E-state index is 0.0963. The number of halogens is 1. The highest BCUT2D eigenvalue weighted by molar-refractivity contribution is 7.99. The molecule has 4 aromatic rings. The Labute approximate surface area is 218 Å². The van der Waals surface area contributed by atoms with Crippen molar-refractivity contribution in [3.63, 3.8) is 0 Å². The van der Waals surface area contributed by atoms with E-state index in [1.807, 2.05) is 72.2 Å². The Morgan fingerprint density at radius 1 is 1.08 bits per heavy atom. The monoisotopic (exact) mass is 521 g/mol. The average molecular weight is 522 g/mol. The second-order valence-corrected chi connectivity index (χ2v) is 8.78. The van der Waals surface area contributed by atoms with Crippen LogP contribution in [0.15, 0.2) is 83.1 Å². The van der Waals surface area contributed by atoms with Gasteiger partial charge < -0.3 is 9.47 Å². The molecular formula is C26H24ClN5O3S. The van der Waals surface area contributed by atoms with Gasteiger partial charge in [-0.3, -0.25) is 9.36 Å². The highest BCUT2D eigenvalue weighted by atomic mass is 35.5. The summed E-state index contributed by atoms with van der Waals surface area (Å²) in [6.07, 6.45) is 1.54. The highest BCUT2D eigenvalue weighted by Crippen LogP contribution is 2.29. The first-order valence-electron chi connectivity index (χ1n) is 11.1. The summed E-state index contributed by atoms with van der Waals surface area (Å²) in [5, 5.41) is 14.0. The summed E-state index contributed by atoms with van der Waals surface area (Å²) < 4.78 is 12.8. The van der Waals surface area contributed by atoms with Crippen LogP contribution < -0.4 is 14.9 Å². The van der Waals surface area contributed by atoms with E-state index in [1.165, 1.54) is 11.8 Å². The zero-order chi connectivity index (χ0) is 25.3. The number of para-hydroxylation sites is 1. The third-order valence-corrected chi connectivity index (χ3v) is 6.19. The fourth-order valence-electron chi connectivity index (χ4n) is 3.35. The molecule has 8 nitrogen and oxygen atoms in total. The van der Waals surface area contributed by atoms with Crippen LogP contribution in [0.4, 0.5) is 0 Å². The molecule has 184 valence electrons. The summed E-state index contributed by atoms with van der Waals surface area (Å²) in [5.74, 6) is 1.89. The van der Waals surface area contributed by atoms with Crippen molar-refractivity contribution in [1.29, 1.82) is 0 Å².